The Morgan fingerprint density at radius 3 is 1.97 bits per heavy atom. The van der Waals surface area contributed by atoms with Crippen molar-refractivity contribution >= 4 is 6.09 Å². The number of aliphatic hydroxyl groups excluding tert-OH is 1. The van der Waals surface area contributed by atoms with E-state index in [1.54, 1.807) is 17.4 Å². The highest BCUT2D eigenvalue weighted by Crippen LogP contribution is 2.55. The Hall–Kier alpha value is -3.01. The lowest BCUT2D eigenvalue weighted by molar-refractivity contribution is -0.354. The number of amides is 1. The number of hydrogen-bond acceptors (Lipinski definition) is 3. The molecule has 3 rings (SSSR count). The molecule has 4 nitrogen and oxygen atoms in total. The maximum absolute atomic E-state index is 13.9. The predicted molar refractivity (Wildman–Crippen MR) is 118 cm³/mol. The zero-order chi connectivity index (χ0) is 25.9. The first-order valence-corrected chi connectivity index (χ1v) is 10.9. The predicted octanol–water partition coefficient (Wildman–Crippen LogP) is 6.35. The zero-order valence-electron chi connectivity index (χ0n) is 18.6. The van der Waals surface area contributed by atoms with Gasteiger partial charge >= 0.3 is 18.4 Å². The molecular formula is C25H25F6NO3. The number of ether oxygens (including phenoxy) is 1. The molecule has 0 bridgehead atoms. The average molecular weight is 501 g/mol. The van der Waals surface area contributed by atoms with E-state index in [1.165, 1.54) is 6.08 Å². The van der Waals surface area contributed by atoms with Crippen molar-refractivity contribution in [2.24, 2.45) is 5.41 Å². The second kappa shape index (κ2) is 10.3. The highest BCUT2D eigenvalue weighted by molar-refractivity contribution is 5.79. The van der Waals surface area contributed by atoms with Crippen LogP contribution in [0, 0.1) is 5.41 Å². The van der Waals surface area contributed by atoms with Crippen molar-refractivity contribution in [1.29, 1.82) is 0 Å². The molecule has 0 saturated heterocycles. The van der Waals surface area contributed by atoms with Crippen LogP contribution in [0.15, 0.2) is 61.2 Å². The fourth-order valence-electron chi connectivity index (χ4n) is 4.65. The van der Waals surface area contributed by atoms with E-state index in [4.69, 9.17) is 4.74 Å². The molecule has 1 atom stereocenters. The summed E-state index contributed by atoms with van der Waals surface area (Å²) in [6.07, 6.45) is -13.9. The number of fused-ring (bicyclic) bond motifs is 3. The van der Waals surface area contributed by atoms with Gasteiger partial charge in [-0.25, -0.2) is 4.79 Å². The van der Waals surface area contributed by atoms with E-state index in [-0.39, 0.29) is 13.0 Å². The maximum atomic E-state index is 13.9. The molecule has 1 aliphatic carbocycles. The summed E-state index contributed by atoms with van der Waals surface area (Å²) in [7, 11) is 0. The van der Waals surface area contributed by atoms with Gasteiger partial charge in [0, 0.05) is 5.92 Å². The van der Waals surface area contributed by atoms with Gasteiger partial charge in [0.25, 0.3) is 0 Å². The number of carbonyl (C=O) groups excluding carboxylic acids is 1. The summed E-state index contributed by atoms with van der Waals surface area (Å²) < 4.78 is 88.5. The van der Waals surface area contributed by atoms with Gasteiger partial charge in [-0.2, -0.15) is 26.3 Å². The molecular weight excluding hydrogens is 476 g/mol. The second-order valence-corrected chi connectivity index (χ2v) is 8.35. The summed E-state index contributed by atoms with van der Waals surface area (Å²) in [4.78, 5) is 12.4. The fraction of sp³-hybridized carbons (Fsp3) is 0.400. The molecule has 1 aliphatic rings. The van der Waals surface area contributed by atoms with Crippen LogP contribution in [0.2, 0.25) is 0 Å². The van der Waals surface area contributed by atoms with E-state index in [0.717, 1.165) is 22.3 Å². The molecule has 0 aromatic heterocycles. The molecule has 2 aromatic carbocycles. The van der Waals surface area contributed by atoms with Crippen LogP contribution in [0.25, 0.3) is 11.1 Å². The Bertz CT molecular complexity index is 990. The normalized spacial score (nSPS) is 14.7. The SMILES string of the molecule is C=CCCCC(C(CO)NC(=O)OCC1c2ccccc2-c2ccccc21)(C(F)(F)F)C(F)(F)F. The fourth-order valence-corrected chi connectivity index (χ4v) is 4.65. The number of rotatable bonds is 9. The van der Waals surface area contributed by atoms with Crippen molar-refractivity contribution in [2.75, 3.05) is 13.2 Å². The number of unbranched alkanes of at least 4 members (excludes halogenated alkanes) is 1. The minimum absolute atomic E-state index is 0.100. The molecule has 0 spiro atoms. The van der Waals surface area contributed by atoms with Gasteiger partial charge in [0.2, 0.25) is 0 Å². The van der Waals surface area contributed by atoms with E-state index < -0.39 is 55.3 Å². The number of benzene rings is 2. The van der Waals surface area contributed by atoms with E-state index in [0.29, 0.717) is 0 Å². The lowest BCUT2D eigenvalue weighted by Gasteiger charge is -2.42. The van der Waals surface area contributed by atoms with E-state index >= 15 is 0 Å². The number of hydrogen-bond donors (Lipinski definition) is 2. The molecule has 0 saturated carbocycles. The Kier molecular flexibility index (Phi) is 7.83. The molecule has 2 aromatic rings. The Morgan fingerprint density at radius 2 is 1.51 bits per heavy atom. The molecule has 0 aliphatic heterocycles. The molecule has 0 heterocycles. The zero-order valence-corrected chi connectivity index (χ0v) is 18.6. The number of allylic oxidation sites excluding steroid dienone is 1. The number of carbonyl (C=O) groups is 1. The number of nitrogens with one attached hydrogen (secondary N) is 1. The van der Waals surface area contributed by atoms with Gasteiger partial charge in [0.15, 0.2) is 5.41 Å². The van der Waals surface area contributed by atoms with Gasteiger partial charge < -0.3 is 15.2 Å². The molecule has 0 radical (unpaired) electrons. The highest BCUT2D eigenvalue weighted by Gasteiger charge is 2.73. The van der Waals surface area contributed by atoms with Crippen LogP contribution in [-0.2, 0) is 4.74 Å². The van der Waals surface area contributed by atoms with Crippen LogP contribution in [0.1, 0.15) is 36.3 Å². The van der Waals surface area contributed by atoms with Crippen LogP contribution < -0.4 is 5.32 Å². The first kappa shape index (κ1) is 26.6. The van der Waals surface area contributed by atoms with E-state index in [1.807, 2.05) is 36.4 Å². The van der Waals surface area contributed by atoms with Crippen LogP contribution in [0.3, 0.4) is 0 Å². The van der Waals surface area contributed by atoms with E-state index in [9.17, 15) is 36.2 Å². The van der Waals surface area contributed by atoms with Crippen LogP contribution in [0.5, 0.6) is 0 Å². The monoisotopic (exact) mass is 501 g/mol. The second-order valence-electron chi connectivity index (χ2n) is 8.35. The van der Waals surface area contributed by atoms with Crippen molar-refractivity contribution in [3.8, 4) is 11.1 Å². The smallest absolute Gasteiger partial charge is 0.407 e. The van der Waals surface area contributed by atoms with Crippen molar-refractivity contribution in [3.63, 3.8) is 0 Å². The molecule has 190 valence electrons. The minimum Gasteiger partial charge on any atom is -0.449 e. The number of alkyl halides is 6. The largest absolute Gasteiger partial charge is 0.449 e. The van der Waals surface area contributed by atoms with Crippen molar-refractivity contribution < 1.29 is 41.0 Å². The molecule has 35 heavy (non-hydrogen) atoms. The molecule has 1 unspecified atom stereocenters. The summed E-state index contributed by atoms with van der Waals surface area (Å²) >= 11 is 0. The standard InChI is InChI=1S/C25H25F6NO3/c1-2-3-8-13-23(24(26,27)28,25(29,30)31)21(14-33)32-22(34)35-15-20-18-11-6-4-9-16(18)17-10-5-7-12-19(17)20/h2,4-7,9-12,20-21,33H,1,3,8,13-15H2,(H,32,34). The topological polar surface area (TPSA) is 58.6 Å². The van der Waals surface area contributed by atoms with Gasteiger partial charge in [0.1, 0.15) is 6.61 Å². The van der Waals surface area contributed by atoms with Crippen LogP contribution in [-0.4, -0.2) is 42.8 Å². The van der Waals surface area contributed by atoms with Gasteiger partial charge in [0.05, 0.1) is 12.6 Å². The molecule has 10 heteroatoms. The number of halogens is 6. The summed E-state index contributed by atoms with van der Waals surface area (Å²) in [6.45, 7) is 1.42. The third kappa shape index (κ3) is 5.03. The van der Waals surface area contributed by atoms with Crippen molar-refractivity contribution in [1.82, 2.24) is 5.32 Å². The van der Waals surface area contributed by atoms with Crippen molar-refractivity contribution in [2.45, 2.75) is 43.6 Å². The van der Waals surface area contributed by atoms with Crippen LogP contribution in [0.4, 0.5) is 31.1 Å². The molecule has 0 fully saturated rings. The van der Waals surface area contributed by atoms with Crippen LogP contribution >= 0.6 is 0 Å². The van der Waals surface area contributed by atoms with E-state index in [2.05, 4.69) is 6.58 Å². The summed E-state index contributed by atoms with van der Waals surface area (Å²) in [5, 5.41) is 11.2. The van der Waals surface area contributed by atoms with Gasteiger partial charge in [-0.1, -0.05) is 54.6 Å². The lowest BCUT2D eigenvalue weighted by atomic mass is 9.74. The molecule has 1 amide bonds. The van der Waals surface area contributed by atoms with Gasteiger partial charge in [-0.05, 0) is 41.5 Å². The third-order valence-corrected chi connectivity index (χ3v) is 6.40. The number of aliphatic hydroxyl groups is 1. The Labute approximate surface area is 198 Å². The minimum atomic E-state index is -5.80. The quantitative estimate of drug-likeness (QED) is 0.239. The summed E-state index contributed by atoms with van der Waals surface area (Å²) in [5.41, 5.74) is -0.904. The third-order valence-electron chi connectivity index (χ3n) is 6.40. The lowest BCUT2D eigenvalue weighted by Crippen LogP contribution is -2.64. The average Bonchev–Trinajstić information content (AvgIpc) is 3.11. The first-order chi connectivity index (χ1) is 16.5. The first-order valence-electron chi connectivity index (χ1n) is 10.9. The highest BCUT2D eigenvalue weighted by atomic mass is 19.4. The summed E-state index contributed by atoms with van der Waals surface area (Å²) in [6, 6.07) is 11.9. The van der Waals surface area contributed by atoms with Crippen molar-refractivity contribution in [3.05, 3.63) is 72.3 Å². The number of alkyl carbamates (subject to hydrolysis) is 1. The molecule has 2 N–H and O–H groups in total. The van der Waals surface area contributed by atoms with Gasteiger partial charge in [-0.15, -0.1) is 6.58 Å². The summed E-state index contributed by atoms with van der Waals surface area (Å²) in [5.74, 6) is -0.441. The van der Waals surface area contributed by atoms with Gasteiger partial charge in [-0.3, -0.25) is 0 Å². The Morgan fingerprint density at radius 1 is 1.00 bits per heavy atom. The Balaban J connectivity index is 1.81. The maximum Gasteiger partial charge on any atom is 0.407 e.